The van der Waals surface area contributed by atoms with Gasteiger partial charge in [0.15, 0.2) is 0 Å². The fraction of sp³-hybridized carbons (Fsp3) is 0.500. The van der Waals surface area contributed by atoms with Crippen LogP contribution in [0.25, 0.3) is 0 Å². The lowest BCUT2D eigenvalue weighted by molar-refractivity contribution is -0.0716. The Hall–Kier alpha value is -1.69. The zero-order chi connectivity index (χ0) is 14.4. The zero-order valence-corrected chi connectivity index (χ0v) is 11.1. The van der Waals surface area contributed by atoms with Crippen molar-refractivity contribution in [2.45, 2.75) is 19.0 Å². The van der Waals surface area contributed by atoms with E-state index in [-0.39, 0.29) is 19.7 Å². The summed E-state index contributed by atoms with van der Waals surface area (Å²) in [5.74, 6) is -3.63. The first-order valence-corrected chi connectivity index (χ1v) is 6.61. The number of amides is 1. The molecule has 1 saturated heterocycles. The van der Waals surface area contributed by atoms with Gasteiger partial charge in [-0.2, -0.15) is 0 Å². The van der Waals surface area contributed by atoms with Crippen molar-refractivity contribution < 1.29 is 18.3 Å². The number of halogens is 2. The first kappa shape index (κ1) is 14.7. The van der Waals surface area contributed by atoms with Gasteiger partial charge >= 0.3 is 6.09 Å². The third-order valence-corrected chi connectivity index (χ3v) is 3.33. The van der Waals surface area contributed by atoms with Gasteiger partial charge in [0.25, 0.3) is 5.92 Å². The van der Waals surface area contributed by atoms with Gasteiger partial charge in [-0.05, 0) is 18.5 Å². The Bertz CT molecular complexity index is 440. The van der Waals surface area contributed by atoms with Gasteiger partial charge in [-0.25, -0.2) is 13.6 Å². The number of piperidine rings is 1. The molecule has 0 saturated carbocycles. The average molecular weight is 284 g/mol. The third kappa shape index (κ3) is 4.16. The minimum Gasteiger partial charge on any atom is -0.445 e. The topological polar surface area (TPSA) is 50.4 Å². The summed E-state index contributed by atoms with van der Waals surface area (Å²) in [6.45, 7) is 0.275. The Kier molecular flexibility index (Phi) is 4.89. The van der Waals surface area contributed by atoms with E-state index in [0.717, 1.165) is 5.56 Å². The molecule has 1 aliphatic rings. The molecule has 0 spiro atoms. The lowest BCUT2D eigenvalue weighted by Crippen LogP contribution is -2.50. The van der Waals surface area contributed by atoms with Gasteiger partial charge < -0.3 is 15.4 Å². The van der Waals surface area contributed by atoms with Gasteiger partial charge in [-0.15, -0.1) is 0 Å². The molecule has 1 heterocycles. The van der Waals surface area contributed by atoms with Crippen LogP contribution < -0.4 is 10.6 Å². The molecular formula is C14H18F2N2O2. The van der Waals surface area contributed by atoms with Crippen LogP contribution in [0.5, 0.6) is 0 Å². The van der Waals surface area contributed by atoms with E-state index in [2.05, 4.69) is 10.6 Å². The monoisotopic (exact) mass is 284 g/mol. The summed E-state index contributed by atoms with van der Waals surface area (Å²) < 4.78 is 32.0. The predicted octanol–water partition coefficient (Wildman–Crippen LogP) is 2.16. The van der Waals surface area contributed by atoms with E-state index in [1.165, 1.54) is 0 Å². The van der Waals surface area contributed by atoms with E-state index in [4.69, 9.17) is 4.74 Å². The van der Waals surface area contributed by atoms with Crippen LogP contribution in [-0.4, -0.2) is 31.7 Å². The van der Waals surface area contributed by atoms with Gasteiger partial charge in [0.05, 0.1) is 6.54 Å². The molecule has 1 aromatic rings. The summed E-state index contributed by atoms with van der Waals surface area (Å²) in [5, 5.41) is 5.05. The van der Waals surface area contributed by atoms with Crippen LogP contribution in [0.15, 0.2) is 30.3 Å². The molecule has 1 unspecified atom stereocenters. The minimum atomic E-state index is -2.79. The van der Waals surface area contributed by atoms with E-state index in [0.29, 0.717) is 13.0 Å². The van der Waals surface area contributed by atoms with E-state index >= 15 is 0 Å². The van der Waals surface area contributed by atoms with Crippen molar-refractivity contribution in [1.82, 2.24) is 10.6 Å². The molecule has 6 heteroatoms. The molecule has 1 amide bonds. The molecule has 1 fully saturated rings. The lowest BCUT2D eigenvalue weighted by atomic mass is 9.94. The number of alkyl carbamates (subject to hydrolysis) is 1. The number of carbonyl (C=O) groups is 1. The Morgan fingerprint density at radius 3 is 2.85 bits per heavy atom. The molecule has 0 bridgehead atoms. The van der Waals surface area contributed by atoms with Crippen molar-refractivity contribution in [3.05, 3.63) is 35.9 Å². The van der Waals surface area contributed by atoms with Gasteiger partial charge in [0.1, 0.15) is 6.61 Å². The Morgan fingerprint density at radius 2 is 2.15 bits per heavy atom. The molecule has 0 aromatic heterocycles. The molecule has 2 rings (SSSR count). The van der Waals surface area contributed by atoms with Crippen molar-refractivity contribution in [2.75, 3.05) is 19.6 Å². The number of rotatable bonds is 4. The number of hydrogen-bond donors (Lipinski definition) is 2. The van der Waals surface area contributed by atoms with E-state index in [1.54, 1.807) is 0 Å². The number of hydrogen-bond acceptors (Lipinski definition) is 3. The average Bonchev–Trinajstić information content (AvgIpc) is 2.44. The predicted molar refractivity (Wildman–Crippen MR) is 70.6 cm³/mol. The molecular weight excluding hydrogens is 266 g/mol. The van der Waals surface area contributed by atoms with E-state index < -0.39 is 17.9 Å². The normalized spacial score (nSPS) is 21.2. The molecule has 1 aromatic carbocycles. The highest BCUT2D eigenvalue weighted by atomic mass is 19.3. The zero-order valence-electron chi connectivity index (χ0n) is 11.1. The number of benzene rings is 1. The Labute approximate surface area is 116 Å². The molecule has 4 nitrogen and oxygen atoms in total. The maximum Gasteiger partial charge on any atom is 0.407 e. The summed E-state index contributed by atoms with van der Waals surface area (Å²) in [7, 11) is 0. The molecule has 110 valence electrons. The summed E-state index contributed by atoms with van der Waals surface area (Å²) >= 11 is 0. The Morgan fingerprint density at radius 1 is 1.40 bits per heavy atom. The lowest BCUT2D eigenvalue weighted by Gasteiger charge is -2.31. The molecule has 0 aliphatic carbocycles. The second-order valence-electron chi connectivity index (χ2n) is 4.87. The summed E-state index contributed by atoms with van der Waals surface area (Å²) in [6, 6.07) is 9.20. The van der Waals surface area contributed by atoms with Crippen molar-refractivity contribution in [1.29, 1.82) is 0 Å². The van der Waals surface area contributed by atoms with Crippen LogP contribution in [0, 0.1) is 5.92 Å². The summed E-state index contributed by atoms with van der Waals surface area (Å²) in [5.41, 5.74) is 0.856. The number of alkyl halides is 2. The molecule has 20 heavy (non-hydrogen) atoms. The maximum atomic E-state index is 13.5. The molecule has 1 aliphatic heterocycles. The third-order valence-electron chi connectivity index (χ3n) is 3.33. The van der Waals surface area contributed by atoms with Gasteiger partial charge in [-0.1, -0.05) is 30.3 Å². The molecule has 2 N–H and O–H groups in total. The quantitative estimate of drug-likeness (QED) is 0.891. The first-order valence-electron chi connectivity index (χ1n) is 6.61. The smallest absolute Gasteiger partial charge is 0.407 e. The Balaban J connectivity index is 1.72. The van der Waals surface area contributed by atoms with E-state index in [1.807, 2.05) is 30.3 Å². The largest absolute Gasteiger partial charge is 0.445 e. The highest BCUT2D eigenvalue weighted by Crippen LogP contribution is 2.28. The number of ether oxygens (including phenoxy) is 1. The maximum absolute atomic E-state index is 13.5. The van der Waals surface area contributed by atoms with Crippen LogP contribution >= 0.6 is 0 Å². The van der Waals surface area contributed by atoms with Crippen LogP contribution in [0.3, 0.4) is 0 Å². The summed E-state index contributed by atoms with van der Waals surface area (Å²) in [4.78, 5) is 11.5. The van der Waals surface area contributed by atoms with Crippen molar-refractivity contribution in [3.63, 3.8) is 0 Å². The number of carbonyl (C=O) groups excluding carboxylic acids is 1. The first-order chi connectivity index (χ1) is 9.58. The summed E-state index contributed by atoms with van der Waals surface area (Å²) in [6.07, 6.45) is -0.324. The number of nitrogens with one attached hydrogen (secondary N) is 2. The highest BCUT2D eigenvalue weighted by Gasteiger charge is 2.41. The van der Waals surface area contributed by atoms with Gasteiger partial charge in [-0.3, -0.25) is 0 Å². The minimum absolute atomic E-state index is 0.0672. The van der Waals surface area contributed by atoms with Crippen molar-refractivity contribution in [2.24, 2.45) is 5.92 Å². The SMILES string of the molecule is O=C(NCC1CCNCC1(F)F)OCc1ccccc1. The van der Waals surface area contributed by atoms with Gasteiger partial charge in [0.2, 0.25) is 0 Å². The second kappa shape index (κ2) is 6.65. The van der Waals surface area contributed by atoms with Crippen molar-refractivity contribution >= 4 is 6.09 Å². The standard InChI is InChI=1S/C14H18F2N2O2/c15-14(16)10-17-7-6-12(14)8-18-13(19)20-9-11-4-2-1-3-5-11/h1-5,12,17H,6-10H2,(H,18,19). The van der Waals surface area contributed by atoms with Crippen LogP contribution in [0.4, 0.5) is 13.6 Å². The van der Waals surface area contributed by atoms with Crippen LogP contribution in [-0.2, 0) is 11.3 Å². The van der Waals surface area contributed by atoms with Crippen molar-refractivity contribution in [3.8, 4) is 0 Å². The highest BCUT2D eigenvalue weighted by molar-refractivity contribution is 5.67. The van der Waals surface area contributed by atoms with Gasteiger partial charge in [0, 0.05) is 12.5 Å². The van der Waals surface area contributed by atoms with Crippen LogP contribution in [0.2, 0.25) is 0 Å². The molecule has 0 radical (unpaired) electrons. The fourth-order valence-electron chi connectivity index (χ4n) is 2.12. The van der Waals surface area contributed by atoms with E-state index in [9.17, 15) is 13.6 Å². The van der Waals surface area contributed by atoms with Crippen LogP contribution in [0.1, 0.15) is 12.0 Å². The fourth-order valence-corrected chi connectivity index (χ4v) is 2.12. The second-order valence-corrected chi connectivity index (χ2v) is 4.87. The molecule has 1 atom stereocenters.